The van der Waals surface area contributed by atoms with Crippen LogP contribution in [0.2, 0.25) is 0 Å². The van der Waals surface area contributed by atoms with Gasteiger partial charge in [-0.05, 0) is 49.8 Å². The van der Waals surface area contributed by atoms with Crippen LogP contribution in [-0.2, 0) is 10.2 Å². The Morgan fingerprint density at radius 3 is 2.54 bits per heavy atom. The number of hydrogen-bond donors (Lipinski definition) is 1. The Kier molecular flexibility index (Phi) is 7.06. The fourth-order valence-corrected chi connectivity index (χ4v) is 4.24. The van der Waals surface area contributed by atoms with Gasteiger partial charge in [0.05, 0.1) is 0 Å². The molecule has 2 rings (SSSR count). The number of nitrogens with zero attached hydrogens (tertiary/aromatic N) is 1. The molecular weight excluding hydrogens is 350 g/mol. The Hall–Kier alpha value is -1.71. The summed E-state index contributed by atoms with van der Waals surface area (Å²) >= 11 is 0. The molecule has 0 saturated carbocycles. The molecular formula is C24H39NO3. The molecule has 1 aliphatic heterocycles. The summed E-state index contributed by atoms with van der Waals surface area (Å²) in [5, 5.41) is 10.9. The molecule has 0 aromatic heterocycles. The third-order valence-corrected chi connectivity index (χ3v) is 6.01. The monoisotopic (exact) mass is 389 g/mol. The predicted octanol–water partition coefficient (Wildman–Crippen LogP) is 5.76. The summed E-state index contributed by atoms with van der Waals surface area (Å²) in [6.07, 6.45) is 7.12. The van der Waals surface area contributed by atoms with E-state index < -0.39 is 0 Å². The van der Waals surface area contributed by atoms with Crippen molar-refractivity contribution in [2.75, 3.05) is 14.1 Å². The molecule has 0 aliphatic carbocycles. The molecule has 1 heterocycles. The van der Waals surface area contributed by atoms with Crippen LogP contribution in [0.1, 0.15) is 96.6 Å². The van der Waals surface area contributed by atoms with E-state index in [1.165, 1.54) is 25.7 Å². The van der Waals surface area contributed by atoms with Crippen LogP contribution in [0.3, 0.4) is 0 Å². The zero-order chi connectivity index (χ0) is 21.1. The fraction of sp³-hybridized carbons (Fsp3) is 0.708. The molecule has 1 amide bonds. The minimum absolute atomic E-state index is 0.0276. The molecule has 1 N–H and O–H groups in total. The molecule has 0 saturated heterocycles. The first-order valence-corrected chi connectivity index (χ1v) is 10.7. The van der Waals surface area contributed by atoms with Crippen molar-refractivity contribution < 1.29 is 14.6 Å². The molecule has 0 bridgehead atoms. The van der Waals surface area contributed by atoms with E-state index in [1.54, 1.807) is 19.0 Å². The molecule has 1 aromatic carbocycles. The van der Waals surface area contributed by atoms with Gasteiger partial charge in [-0.3, -0.25) is 4.79 Å². The summed E-state index contributed by atoms with van der Waals surface area (Å²) in [6, 6.07) is 4.00. The maximum atomic E-state index is 12.3. The van der Waals surface area contributed by atoms with Gasteiger partial charge in [0.1, 0.15) is 17.1 Å². The number of ether oxygens (including phenoxy) is 1. The predicted molar refractivity (Wildman–Crippen MR) is 115 cm³/mol. The van der Waals surface area contributed by atoms with Crippen LogP contribution in [0.25, 0.3) is 0 Å². The molecule has 4 heteroatoms. The van der Waals surface area contributed by atoms with Gasteiger partial charge in [-0.2, -0.15) is 0 Å². The standard InChI is InChI=1S/C24H39NO3/c1-8-9-10-11-12-23(2,3)18-14-19(26)22-17(13-21(27)25(6)7)16-24(4,5)28-20(22)15-18/h14-15,17,26H,8-13,16H2,1-7H3. The van der Waals surface area contributed by atoms with Crippen LogP contribution in [0.4, 0.5) is 0 Å². The van der Waals surface area contributed by atoms with Gasteiger partial charge in [0.25, 0.3) is 0 Å². The van der Waals surface area contributed by atoms with Crippen molar-refractivity contribution in [2.45, 2.75) is 96.5 Å². The molecule has 1 aromatic rings. The lowest BCUT2D eigenvalue weighted by Crippen LogP contribution is -2.37. The maximum Gasteiger partial charge on any atom is 0.222 e. The number of phenols is 1. The Bertz CT molecular complexity index is 691. The number of carbonyl (C=O) groups is 1. The number of benzene rings is 1. The van der Waals surface area contributed by atoms with Gasteiger partial charge in [0, 0.05) is 32.0 Å². The topological polar surface area (TPSA) is 49.8 Å². The average molecular weight is 390 g/mol. The summed E-state index contributed by atoms with van der Waals surface area (Å²) in [7, 11) is 3.55. The van der Waals surface area contributed by atoms with E-state index >= 15 is 0 Å². The molecule has 4 nitrogen and oxygen atoms in total. The van der Waals surface area contributed by atoms with Crippen molar-refractivity contribution in [2.24, 2.45) is 0 Å². The number of unbranched alkanes of at least 4 members (excludes halogenated alkanes) is 3. The average Bonchev–Trinajstić information content (AvgIpc) is 2.56. The lowest BCUT2D eigenvalue weighted by Gasteiger charge is -2.39. The number of fused-ring (bicyclic) bond motifs is 1. The Balaban J connectivity index is 2.34. The maximum absolute atomic E-state index is 12.3. The Morgan fingerprint density at radius 2 is 1.93 bits per heavy atom. The minimum Gasteiger partial charge on any atom is -0.508 e. The highest BCUT2D eigenvalue weighted by Crippen LogP contribution is 2.49. The van der Waals surface area contributed by atoms with Gasteiger partial charge in [-0.1, -0.05) is 46.5 Å². The van der Waals surface area contributed by atoms with Crippen molar-refractivity contribution in [3.05, 3.63) is 23.3 Å². The molecule has 158 valence electrons. The Morgan fingerprint density at radius 1 is 1.25 bits per heavy atom. The summed E-state index contributed by atoms with van der Waals surface area (Å²) in [5.41, 5.74) is 1.51. The number of carbonyl (C=O) groups excluding carboxylic acids is 1. The second-order valence-corrected chi connectivity index (χ2v) is 9.86. The highest BCUT2D eigenvalue weighted by atomic mass is 16.5. The third-order valence-electron chi connectivity index (χ3n) is 6.01. The number of amides is 1. The highest BCUT2D eigenvalue weighted by molar-refractivity contribution is 5.77. The normalized spacial score (nSPS) is 18.3. The SMILES string of the molecule is CCCCCCC(C)(C)c1cc(O)c2c(c1)OC(C)(C)CC2CC(=O)N(C)C. The van der Waals surface area contributed by atoms with Gasteiger partial charge < -0.3 is 14.7 Å². The first-order valence-electron chi connectivity index (χ1n) is 10.7. The van der Waals surface area contributed by atoms with Gasteiger partial charge >= 0.3 is 0 Å². The van der Waals surface area contributed by atoms with Gasteiger partial charge in [0.2, 0.25) is 5.91 Å². The third kappa shape index (κ3) is 5.42. The number of phenolic OH excluding ortho intramolecular Hbond substituents is 1. The fourth-order valence-electron chi connectivity index (χ4n) is 4.24. The first kappa shape index (κ1) is 22.6. The van der Waals surface area contributed by atoms with E-state index in [1.807, 2.05) is 6.07 Å². The van der Waals surface area contributed by atoms with E-state index in [9.17, 15) is 9.90 Å². The second-order valence-electron chi connectivity index (χ2n) is 9.86. The Labute approximate surface area is 171 Å². The van der Waals surface area contributed by atoms with Crippen molar-refractivity contribution in [3.63, 3.8) is 0 Å². The quantitative estimate of drug-likeness (QED) is 0.575. The largest absolute Gasteiger partial charge is 0.508 e. The van der Waals surface area contributed by atoms with Crippen LogP contribution >= 0.6 is 0 Å². The highest BCUT2D eigenvalue weighted by Gasteiger charge is 2.38. The lowest BCUT2D eigenvalue weighted by molar-refractivity contribution is -0.129. The van der Waals surface area contributed by atoms with Gasteiger partial charge in [0.15, 0.2) is 0 Å². The molecule has 0 spiro atoms. The molecule has 1 unspecified atom stereocenters. The van der Waals surface area contributed by atoms with E-state index in [2.05, 4.69) is 40.7 Å². The van der Waals surface area contributed by atoms with Crippen molar-refractivity contribution >= 4 is 5.91 Å². The van der Waals surface area contributed by atoms with E-state index in [4.69, 9.17) is 4.74 Å². The molecule has 1 aliphatic rings. The first-order chi connectivity index (χ1) is 13.0. The summed E-state index contributed by atoms with van der Waals surface area (Å²) in [6.45, 7) is 10.8. The van der Waals surface area contributed by atoms with E-state index in [-0.39, 0.29) is 28.6 Å². The number of hydrogen-bond acceptors (Lipinski definition) is 3. The van der Waals surface area contributed by atoms with Crippen molar-refractivity contribution in [3.8, 4) is 11.5 Å². The van der Waals surface area contributed by atoms with Crippen LogP contribution < -0.4 is 4.74 Å². The van der Waals surface area contributed by atoms with Crippen molar-refractivity contribution in [1.82, 2.24) is 4.90 Å². The van der Waals surface area contributed by atoms with E-state index in [0.29, 0.717) is 12.8 Å². The number of rotatable bonds is 8. The van der Waals surface area contributed by atoms with Gasteiger partial charge in [-0.15, -0.1) is 0 Å². The smallest absolute Gasteiger partial charge is 0.222 e. The van der Waals surface area contributed by atoms with E-state index in [0.717, 1.165) is 23.3 Å². The summed E-state index contributed by atoms with van der Waals surface area (Å²) in [4.78, 5) is 14.0. The summed E-state index contributed by atoms with van der Waals surface area (Å²) in [5.74, 6) is 1.05. The lowest BCUT2D eigenvalue weighted by atomic mass is 9.76. The molecule has 1 atom stereocenters. The van der Waals surface area contributed by atoms with Crippen LogP contribution in [0.15, 0.2) is 12.1 Å². The van der Waals surface area contributed by atoms with Crippen molar-refractivity contribution in [1.29, 1.82) is 0 Å². The molecule has 0 fully saturated rings. The molecule has 0 radical (unpaired) electrons. The van der Waals surface area contributed by atoms with Gasteiger partial charge in [-0.25, -0.2) is 0 Å². The summed E-state index contributed by atoms with van der Waals surface area (Å²) < 4.78 is 6.27. The molecule has 28 heavy (non-hydrogen) atoms. The minimum atomic E-state index is -0.361. The second kappa shape index (κ2) is 8.75. The zero-order valence-corrected chi connectivity index (χ0v) is 18.9. The van der Waals surface area contributed by atoms with Crippen LogP contribution in [0, 0.1) is 0 Å². The van der Waals surface area contributed by atoms with Crippen LogP contribution in [0.5, 0.6) is 11.5 Å². The zero-order valence-electron chi connectivity index (χ0n) is 18.9. The van der Waals surface area contributed by atoms with Crippen LogP contribution in [-0.4, -0.2) is 35.6 Å². The number of aromatic hydroxyl groups is 1.